The van der Waals surface area contributed by atoms with Gasteiger partial charge in [-0.05, 0) is 36.8 Å². The summed E-state index contributed by atoms with van der Waals surface area (Å²) in [5.74, 6) is -0.507. The van der Waals surface area contributed by atoms with Gasteiger partial charge in [-0.1, -0.05) is 18.2 Å². The van der Waals surface area contributed by atoms with Crippen LogP contribution in [-0.2, 0) is 0 Å². The molecule has 136 valence electrons. The van der Waals surface area contributed by atoms with Crippen molar-refractivity contribution in [3.63, 3.8) is 0 Å². The quantitative estimate of drug-likeness (QED) is 0.411. The number of benzene rings is 2. The Morgan fingerprint density at radius 1 is 1.19 bits per heavy atom. The maximum atomic E-state index is 12.1. The van der Waals surface area contributed by atoms with E-state index in [0.717, 1.165) is 11.3 Å². The van der Waals surface area contributed by atoms with Crippen LogP contribution in [0.4, 0.5) is 5.69 Å². The van der Waals surface area contributed by atoms with Crippen molar-refractivity contribution in [1.29, 1.82) is 0 Å². The van der Waals surface area contributed by atoms with E-state index in [1.54, 1.807) is 10.8 Å². The Bertz CT molecular complexity index is 1010. The molecule has 3 rings (SSSR count). The van der Waals surface area contributed by atoms with Crippen LogP contribution in [0.3, 0.4) is 0 Å². The van der Waals surface area contributed by atoms with Gasteiger partial charge in [0.25, 0.3) is 11.6 Å². The molecule has 1 aromatic heterocycles. The van der Waals surface area contributed by atoms with E-state index in [9.17, 15) is 20.0 Å². The van der Waals surface area contributed by atoms with Gasteiger partial charge in [0.1, 0.15) is 0 Å². The topological polar surface area (TPSA) is 110 Å². The second-order valence-electron chi connectivity index (χ2n) is 5.76. The Morgan fingerprint density at radius 2 is 1.85 bits per heavy atom. The van der Waals surface area contributed by atoms with Crippen LogP contribution in [0, 0.1) is 17.0 Å². The fourth-order valence-electron chi connectivity index (χ4n) is 2.53. The first kappa shape index (κ1) is 17.9. The van der Waals surface area contributed by atoms with Crippen molar-refractivity contribution in [2.45, 2.75) is 6.92 Å². The molecule has 1 amide bonds. The molecule has 8 nitrogen and oxygen atoms in total. The van der Waals surface area contributed by atoms with Crippen LogP contribution in [0.1, 0.15) is 21.5 Å². The maximum absolute atomic E-state index is 12.1. The highest BCUT2D eigenvalue weighted by molar-refractivity contribution is 5.95. The molecule has 0 bridgehead atoms. The molecule has 0 saturated carbocycles. The lowest BCUT2D eigenvalue weighted by atomic mass is 10.2. The van der Waals surface area contributed by atoms with Gasteiger partial charge >= 0.3 is 0 Å². The number of rotatable bonds is 5. The van der Waals surface area contributed by atoms with E-state index in [2.05, 4.69) is 10.5 Å². The summed E-state index contributed by atoms with van der Waals surface area (Å²) in [6.45, 7) is 1.82. The van der Waals surface area contributed by atoms with Gasteiger partial charge in [0, 0.05) is 29.6 Å². The van der Waals surface area contributed by atoms with Crippen LogP contribution in [0.2, 0.25) is 0 Å². The van der Waals surface area contributed by atoms with Gasteiger partial charge in [0.05, 0.1) is 16.7 Å². The summed E-state index contributed by atoms with van der Waals surface area (Å²) in [5.41, 5.74) is 4.53. The smallest absolute Gasteiger partial charge is 0.271 e. The van der Waals surface area contributed by atoms with Gasteiger partial charge in [-0.3, -0.25) is 19.5 Å². The lowest BCUT2D eigenvalue weighted by Crippen LogP contribution is -2.17. The first-order valence-corrected chi connectivity index (χ1v) is 8.01. The maximum Gasteiger partial charge on any atom is 0.271 e. The molecule has 0 atom stereocenters. The number of amides is 1. The van der Waals surface area contributed by atoms with E-state index in [1.165, 1.54) is 30.5 Å². The minimum absolute atomic E-state index is 0.00651. The number of hydrazone groups is 1. The molecule has 2 N–H and O–H groups in total. The summed E-state index contributed by atoms with van der Waals surface area (Å²) in [4.78, 5) is 22.1. The summed E-state index contributed by atoms with van der Waals surface area (Å²) in [7, 11) is 0. The number of non-ortho nitro benzene ring substituents is 1. The number of nitro benzene ring substituents is 1. The van der Waals surface area contributed by atoms with Crippen molar-refractivity contribution in [3.05, 3.63) is 87.6 Å². The van der Waals surface area contributed by atoms with Gasteiger partial charge in [-0.2, -0.15) is 5.10 Å². The van der Waals surface area contributed by atoms with Gasteiger partial charge in [0.15, 0.2) is 0 Å². The van der Waals surface area contributed by atoms with Crippen molar-refractivity contribution < 1.29 is 14.8 Å². The third-order valence-electron chi connectivity index (χ3n) is 3.95. The molecule has 0 aliphatic rings. The summed E-state index contributed by atoms with van der Waals surface area (Å²) in [6.07, 6.45) is 3.12. The van der Waals surface area contributed by atoms with Crippen LogP contribution < -0.4 is 5.43 Å². The van der Waals surface area contributed by atoms with Crippen molar-refractivity contribution in [2.75, 3.05) is 0 Å². The predicted octanol–water partition coefficient (Wildman–Crippen LogP) is 3.16. The Labute approximate surface area is 154 Å². The standard InChI is InChI=1S/C19H16N4O4/c1-13-12-22(15-5-3-2-4-6-15)19(25)17(13)11-20-21-18(24)14-7-9-16(10-8-14)23(26)27/h2-12,25H,1H3,(H,21,24)/b20-11-. The van der Waals surface area contributed by atoms with Gasteiger partial charge in [-0.15, -0.1) is 0 Å². The summed E-state index contributed by atoms with van der Waals surface area (Å²) >= 11 is 0. The number of nitrogens with zero attached hydrogens (tertiary/aromatic N) is 3. The highest BCUT2D eigenvalue weighted by Gasteiger charge is 2.12. The minimum Gasteiger partial charge on any atom is -0.494 e. The van der Waals surface area contributed by atoms with Crippen molar-refractivity contribution in [2.24, 2.45) is 5.10 Å². The average Bonchev–Trinajstić information content (AvgIpc) is 2.97. The van der Waals surface area contributed by atoms with Crippen molar-refractivity contribution in [1.82, 2.24) is 9.99 Å². The third-order valence-corrected chi connectivity index (χ3v) is 3.95. The number of nitro groups is 1. The molecule has 0 saturated heterocycles. The third kappa shape index (κ3) is 3.84. The number of aromatic nitrogens is 1. The fourth-order valence-corrected chi connectivity index (χ4v) is 2.53. The van der Waals surface area contributed by atoms with Crippen molar-refractivity contribution >= 4 is 17.8 Å². The zero-order valence-electron chi connectivity index (χ0n) is 14.4. The summed E-state index contributed by atoms with van der Waals surface area (Å²) < 4.78 is 1.62. The van der Waals surface area contributed by atoms with E-state index >= 15 is 0 Å². The highest BCUT2D eigenvalue weighted by atomic mass is 16.6. The molecule has 0 spiro atoms. The number of para-hydroxylation sites is 1. The van der Waals surface area contributed by atoms with Crippen molar-refractivity contribution in [3.8, 4) is 11.6 Å². The monoisotopic (exact) mass is 364 g/mol. The molecule has 27 heavy (non-hydrogen) atoms. The number of nitrogens with one attached hydrogen (secondary N) is 1. The lowest BCUT2D eigenvalue weighted by Gasteiger charge is -2.04. The molecule has 0 fully saturated rings. The Hall–Kier alpha value is -3.94. The molecule has 3 aromatic rings. The number of carbonyl (C=O) groups is 1. The molecule has 1 heterocycles. The van der Waals surface area contributed by atoms with E-state index < -0.39 is 10.8 Å². The first-order chi connectivity index (χ1) is 13.0. The highest BCUT2D eigenvalue weighted by Crippen LogP contribution is 2.25. The number of carbonyl (C=O) groups excluding carboxylic acids is 1. The van der Waals surface area contributed by atoms with Gasteiger partial charge in [0.2, 0.25) is 5.88 Å². The van der Waals surface area contributed by atoms with E-state index in [-0.39, 0.29) is 17.1 Å². The van der Waals surface area contributed by atoms with Crippen LogP contribution >= 0.6 is 0 Å². The SMILES string of the molecule is Cc1cn(-c2ccccc2)c(O)c1/C=N\NC(=O)c1ccc([N+](=O)[O-])cc1. The first-order valence-electron chi connectivity index (χ1n) is 8.01. The number of aryl methyl sites for hydroxylation is 1. The van der Waals surface area contributed by atoms with E-state index in [1.807, 2.05) is 37.3 Å². The van der Waals surface area contributed by atoms with E-state index in [0.29, 0.717) is 5.56 Å². The number of hydrogen-bond acceptors (Lipinski definition) is 5. The lowest BCUT2D eigenvalue weighted by molar-refractivity contribution is -0.384. The molecule has 0 aliphatic carbocycles. The number of hydrogen-bond donors (Lipinski definition) is 2. The zero-order chi connectivity index (χ0) is 19.4. The second-order valence-corrected chi connectivity index (χ2v) is 5.76. The van der Waals surface area contributed by atoms with Crippen LogP contribution in [0.5, 0.6) is 5.88 Å². The van der Waals surface area contributed by atoms with Gasteiger partial charge < -0.3 is 5.11 Å². The van der Waals surface area contributed by atoms with Crippen LogP contribution in [-0.4, -0.2) is 26.7 Å². The summed E-state index contributed by atoms with van der Waals surface area (Å²) in [6, 6.07) is 14.5. The second kappa shape index (κ2) is 7.52. The van der Waals surface area contributed by atoms with Gasteiger partial charge in [-0.25, -0.2) is 5.43 Å². The van der Waals surface area contributed by atoms with E-state index in [4.69, 9.17) is 0 Å². The molecule has 2 aromatic carbocycles. The molecule has 8 heteroatoms. The molecule has 0 aliphatic heterocycles. The van der Waals surface area contributed by atoms with Crippen LogP contribution in [0.25, 0.3) is 5.69 Å². The fraction of sp³-hybridized carbons (Fsp3) is 0.0526. The summed E-state index contributed by atoms with van der Waals surface area (Å²) in [5, 5.41) is 24.9. The number of aromatic hydroxyl groups is 1. The zero-order valence-corrected chi connectivity index (χ0v) is 14.4. The average molecular weight is 364 g/mol. The largest absolute Gasteiger partial charge is 0.494 e. The normalized spacial score (nSPS) is 10.9. The molecule has 0 unspecified atom stereocenters. The molecule has 0 radical (unpaired) electrons. The Balaban J connectivity index is 1.74. The molecular weight excluding hydrogens is 348 g/mol. The predicted molar refractivity (Wildman–Crippen MR) is 100 cm³/mol. The minimum atomic E-state index is -0.539. The van der Waals surface area contributed by atoms with Crippen LogP contribution in [0.15, 0.2) is 65.9 Å². The molecular formula is C19H16N4O4. The Kier molecular flexibility index (Phi) is 4.98. The Morgan fingerprint density at radius 3 is 2.48 bits per heavy atom.